The van der Waals surface area contributed by atoms with E-state index in [-0.39, 0.29) is 0 Å². The summed E-state index contributed by atoms with van der Waals surface area (Å²) >= 11 is 0. The first-order chi connectivity index (χ1) is 6.38. The van der Waals surface area contributed by atoms with Gasteiger partial charge >= 0.3 is 13.0 Å². The lowest BCUT2D eigenvalue weighted by atomic mass is 9.99. The summed E-state index contributed by atoms with van der Waals surface area (Å²) in [5.74, 6) is -1.29. The van der Waals surface area contributed by atoms with Gasteiger partial charge in [-0.3, -0.25) is 4.79 Å². The van der Waals surface area contributed by atoms with Crippen molar-refractivity contribution in [2.75, 3.05) is 0 Å². The molecule has 0 spiro atoms. The maximum atomic E-state index is 11.4. The van der Waals surface area contributed by atoms with Gasteiger partial charge in [-0.25, -0.2) is 4.57 Å². The number of hydrogen-bond acceptors (Lipinski definition) is 2. The van der Waals surface area contributed by atoms with Crippen LogP contribution in [-0.2, 0) is 9.36 Å². The zero-order valence-electron chi connectivity index (χ0n) is 8.04. The minimum atomic E-state index is -4.76. The highest BCUT2D eigenvalue weighted by atomic mass is 31.2. The molecule has 0 saturated carbocycles. The molecule has 0 atom stereocenters. The van der Waals surface area contributed by atoms with Gasteiger partial charge in [-0.05, 0) is 12.8 Å². The molecule has 6 nitrogen and oxygen atoms in total. The molecule has 0 aromatic carbocycles. The van der Waals surface area contributed by atoms with E-state index in [1.165, 1.54) is 0 Å². The van der Waals surface area contributed by atoms with E-state index in [9.17, 15) is 9.36 Å². The van der Waals surface area contributed by atoms with Crippen molar-refractivity contribution in [2.45, 2.75) is 26.7 Å². The molecule has 80 valence electrons. The van der Waals surface area contributed by atoms with E-state index in [0.717, 1.165) is 0 Å². The fraction of sp³-hybridized carbons (Fsp3) is 0.714. The smallest absolute Gasteiger partial charge is 0.360 e. The Bertz CT molecular complexity index is 312. The van der Waals surface area contributed by atoms with Crippen LogP contribution >= 0.6 is 7.60 Å². The van der Waals surface area contributed by atoms with Gasteiger partial charge in [0.05, 0.1) is 0 Å². The molecule has 14 heavy (non-hydrogen) atoms. The highest BCUT2D eigenvalue weighted by molar-refractivity contribution is 7.73. The molecule has 0 heterocycles. The highest BCUT2D eigenvalue weighted by Gasteiger charge is 2.41. The first-order valence-electron chi connectivity index (χ1n) is 4.20. The number of ketones is 1. The van der Waals surface area contributed by atoms with E-state index in [2.05, 4.69) is 4.79 Å². The van der Waals surface area contributed by atoms with Crippen molar-refractivity contribution in [3.8, 4) is 0 Å². The van der Waals surface area contributed by atoms with Crippen LogP contribution < -0.4 is 0 Å². The average molecular weight is 220 g/mol. The summed E-state index contributed by atoms with van der Waals surface area (Å²) in [6.07, 6.45) is 0.905. The van der Waals surface area contributed by atoms with Crippen LogP contribution in [0.3, 0.4) is 0 Å². The minimum Gasteiger partial charge on any atom is -0.360 e. The van der Waals surface area contributed by atoms with E-state index >= 15 is 0 Å². The molecule has 0 radical (unpaired) electrons. The van der Waals surface area contributed by atoms with Crippen LogP contribution in [0.5, 0.6) is 0 Å². The van der Waals surface area contributed by atoms with Gasteiger partial charge in [-0.2, -0.15) is 4.79 Å². The standard InChI is InChI=1S/C7H13N2O4P/c1-3-5(4-2)6(10)7(9-8)14(11,12)13/h5H,3-4H2,1-2H3,(H2,11,12,13). The monoisotopic (exact) mass is 220 g/mol. The summed E-state index contributed by atoms with van der Waals surface area (Å²) in [7, 11) is -4.76. The Hall–Kier alpha value is -0.800. The summed E-state index contributed by atoms with van der Waals surface area (Å²) in [5.41, 5.74) is 7.30. The van der Waals surface area contributed by atoms with Gasteiger partial charge in [-0.15, -0.1) is 0 Å². The maximum absolute atomic E-state index is 11.4. The van der Waals surface area contributed by atoms with Crippen LogP contribution in [0.1, 0.15) is 26.7 Å². The fourth-order valence-electron chi connectivity index (χ4n) is 1.09. The Morgan fingerprint density at radius 1 is 1.43 bits per heavy atom. The lowest BCUT2D eigenvalue weighted by molar-refractivity contribution is -0.120. The van der Waals surface area contributed by atoms with E-state index in [1.54, 1.807) is 13.8 Å². The van der Waals surface area contributed by atoms with Crippen molar-refractivity contribution < 1.29 is 23.9 Å². The normalized spacial score (nSPS) is 11.2. The Morgan fingerprint density at radius 2 is 1.86 bits per heavy atom. The molecule has 0 aliphatic heterocycles. The van der Waals surface area contributed by atoms with Crippen molar-refractivity contribution in [3.05, 3.63) is 5.53 Å². The van der Waals surface area contributed by atoms with Crippen molar-refractivity contribution in [2.24, 2.45) is 5.92 Å². The molecule has 0 unspecified atom stereocenters. The lowest BCUT2D eigenvalue weighted by Crippen LogP contribution is -2.23. The van der Waals surface area contributed by atoms with Gasteiger partial charge < -0.3 is 15.3 Å². The predicted octanol–water partition coefficient (Wildman–Crippen LogP) is 0.798. The van der Waals surface area contributed by atoms with Crippen LogP contribution in [0.25, 0.3) is 5.53 Å². The molecular weight excluding hydrogens is 207 g/mol. The Labute approximate surface area is 81.7 Å². The first-order valence-corrected chi connectivity index (χ1v) is 5.82. The summed E-state index contributed by atoms with van der Waals surface area (Å²) in [6.45, 7) is 3.45. The zero-order chi connectivity index (χ0) is 11.4. The molecule has 0 aliphatic carbocycles. The quantitative estimate of drug-likeness (QED) is 0.309. The fourth-order valence-corrected chi connectivity index (χ4v) is 1.68. The van der Waals surface area contributed by atoms with E-state index < -0.39 is 24.7 Å². The average Bonchev–Trinajstić information content (AvgIpc) is 2.05. The first kappa shape index (κ1) is 13.2. The van der Waals surface area contributed by atoms with Gasteiger partial charge in [-0.1, -0.05) is 13.8 Å². The van der Waals surface area contributed by atoms with Crippen LogP contribution in [-0.4, -0.2) is 25.8 Å². The maximum Gasteiger partial charge on any atom is 0.443 e. The highest BCUT2D eigenvalue weighted by Crippen LogP contribution is 2.37. The Balaban J connectivity index is 5.02. The molecule has 0 bridgehead atoms. The van der Waals surface area contributed by atoms with Crippen molar-refractivity contribution in [1.29, 1.82) is 0 Å². The largest absolute Gasteiger partial charge is 0.443 e. The third-order valence-corrected chi connectivity index (χ3v) is 2.81. The molecule has 7 heteroatoms. The zero-order valence-corrected chi connectivity index (χ0v) is 8.94. The van der Waals surface area contributed by atoms with Gasteiger partial charge in [0.25, 0.3) is 5.78 Å². The second-order valence-corrected chi connectivity index (χ2v) is 4.36. The van der Waals surface area contributed by atoms with E-state index in [4.69, 9.17) is 15.3 Å². The number of Topliss-reactive ketones (excluding diaryl/α,β-unsaturated/α-hetero) is 1. The van der Waals surface area contributed by atoms with Crippen molar-refractivity contribution in [1.82, 2.24) is 0 Å². The van der Waals surface area contributed by atoms with Gasteiger partial charge in [0, 0.05) is 5.92 Å². The second-order valence-electron chi connectivity index (χ2n) is 2.85. The SMILES string of the molecule is CCC(CC)C(=O)C(=[N+]=[N-])P(=O)(O)O. The molecule has 2 N–H and O–H groups in total. The van der Waals surface area contributed by atoms with Gasteiger partial charge in [0.1, 0.15) is 0 Å². The van der Waals surface area contributed by atoms with Crippen molar-refractivity contribution in [3.63, 3.8) is 0 Å². The molecule has 0 aromatic heterocycles. The van der Waals surface area contributed by atoms with Crippen LogP contribution in [0.15, 0.2) is 0 Å². The third-order valence-electron chi connectivity index (χ3n) is 1.95. The van der Waals surface area contributed by atoms with Crippen molar-refractivity contribution >= 4 is 18.8 Å². The number of nitrogens with zero attached hydrogens (tertiary/aromatic N) is 2. The second kappa shape index (κ2) is 5.17. The topological polar surface area (TPSA) is 111 Å². The molecule has 0 fully saturated rings. The molecule has 0 saturated heterocycles. The molecule has 0 aromatic rings. The molecule has 0 amide bonds. The molecule has 0 aliphatic rings. The van der Waals surface area contributed by atoms with Crippen LogP contribution in [0.4, 0.5) is 0 Å². The minimum absolute atomic E-state index is 0.453. The van der Waals surface area contributed by atoms with E-state index in [1.807, 2.05) is 0 Å². The molecule has 0 rings (SSSR count). The Morgan fingerprint density at radius 3 is 2.07 bits per heavy atom. The number of carbonyl (C=O) groups excluding carboxylic acids is 1. The summed E-state index contributed by atoms with van der Waals surface area (Å²) in [6, 6.07) is 0. The predicted molar refractivity (Wildman–Crippen MR) is 49.7 cm³/mol. The van der Waals surface area contributed by atoms with Crippen LogP contribution in [0, 0.1) is 5.92 Å². The molecular formula is C7H13N2O4P. The number of hydrogen-bond donors (Lipinski definition) is 2. The third kappa shape index (κ3) is 3.16. The lowest BCUT2D eigenvalue weighted by Gasteiger charge is -2.07. The number of carbonyl (C=O) groups is 1. The van der Waals surface area contributed by atoms with Gasteiger partial charge in [0.2, 0.25) is 0 Å². The van der Waals surface area contributed by atoms with Gasteiger partial charge in [0.15, 0.2) is 0 Å². The summed E-state index contributed by atoms with van der Waals surface area (Å²) in [5, 5.41) is 0. The Kier molecular flexibility index (Phi) is 4.88. The number of rotatable bonds is 5. The van der Waals surface area contributed by atoms with E-state index in [0.29, 0.717) is 12.8 Å². The summed E-state index contributed by atoms with van der Waals surface area (Å²) in [4.78, 5) is 31.2. The van der Waals surface area contributed by atoms with Crippen LogP contribution in [0.2, 0.25) is 0 Å². The summed E-state index contributed by atoms with van der Waals surface area (Å²) < 4.78 is 10.7.